The number of rotatable bonds is 10. The van der Waals surface area contributed by atoms with Gasteiger partial charge in [-0.05, 0) is 12.1 Å². The van der Waals surface area contributed by atoms with Crippen LogP contribution in [0.3, 0.4) is 0 Å². The third kappa shape index (κ3) is 7.47. The Morgan fingerprint density at radius 3 is 2.68 bits per heavy atom. The zero-order valence-corrected chi connectivity index (χ0v) is 11.3. The minimum Gasteiger partial charge on any atom is -0.383 e. The molecule has 104 valence electrons. The summed E-state index contributed by atoms with van der Waals surface area (Å²) in [7, 11) is 1.63. The van der Waals surface area contributed by atoms with Crippen molar-refractivity contribution in [3.63, 3.8) is 0 Å². The number of ether oxygens (including phenoxy) is 3. The zero-order chi connectivity index (χ0) is 13.8. The predicted octanol–water partition coefficient (Wildman–Crippen LogP) is 1.78. The van der Waals surface area contributed by atoms with E-state index in [2.05, 4.69) is 11.2 Å². The van der Waals surface area contributed by atoms with Crippen molar-refractivity contribution < 1.29 is 14.2 Å². The fraction of sp³-hybridized carbons (Fsp3) is 0.467. The second-order valence-corrected chi connectivity index (χ2v) is 3.89. The maximum atomic E-state index is 5.53. The van der Waals surface area contributed by atoms with Crippen LogP contribution >= 0.6 is 0 Å². The van der Waals surface area contributed by atoms with Crippen LogP contribution in [0.25, 0.3) is 0 Å². The standard InChI is InChI=1S/C15H21NO3/c1-3-15(13-18-12-11-17-2)19-10-9-16-14-7-5-4-6-8-14/h1,4-8,15-16H,9-13H2,2H3. The molecule has 1 aromatic carbocycles. The summed E-state index contributed by atoms with van der Waals surface area (Å²) in [6, 6.07) is 9.96. The Balaban J connectivity index is 2.08. The van der Waals surface area contributed by atoms with Crippen molar-refractivity contribution in [2.75, 3.05) is 45.4 Å². The van der Waals surface area contributed by atoms with E-state index in [1.807, 2.05) is 30.3 Å². The molecule has 0 radical (unpaired) electrons. The topological polar surface area (TPSA) is 39.7 Å². The number of terminal acetylenes is 1. The van der Waals surface area contributed by atoms with Gasteiger partial charge in [0.15, 0.2) is 0 Å². The molecule has 0 fully saturated rings. The van der Waals surface area contributed by atoms with Gasteiger partial charge in [-0.25, -0.2) is 0 Å². The maximum Gasteiger partial charge on any atom is 0.141 e. The van der Waals surface area contributed by atoms with E-state index < -0.39 is 0 Å². The third-order valence-corrected chi connectivity index (χ3v) is 2.41. The van der Waals surface area contributed by atoms with Crippen LogP contribution in [0.1, 0.15) is 0 Å². The van der Waals surface area contributed by atoms with Crippen LogP contribution in [0.2, 0.25) is 0 Å². The van der Waals surface area contributed by atoms with Crippen molar-refractivity contribution in [1.82, 2.24) is 0 Å². The molecule has 0 aliphatic heterocycles. The summed E-state index contributed by atoms with van der Waals surface area (Å²) in [6.45, 7) is 2.73. The van der Waals surface area contributed by atoms with Crippen molar-refractivity contribution in [1.29, 1.82) is 0 Å². The van der Waals surface area contributed by atoms with Crippen molar-refractivity contribution >= 4 is 5.69 Å². The Labute approximate surface area is 115 Å². The van der Waals surface area contributed by atoms with Gasteiger partial charge in [0.1, 0.15) is 6.10 Å². The first-order valence-electron chi connectivity index (χ1n) is 6.30. The van der Waals surface area contributed by atoms with Crippen molar-refractivity contribution in [2.24, 2.45) is 0 Å². The average molecular weight is 263 g/mol. The molecule has 1 aromatic rings. The highest BCUT2D eigenvalue weighted by atomic mass is 16.5. The van der Waals surface area contributed by atoms with E-state index in [1.54, 1.807) is 7.11 Å². The van der Waals surface area contributed by atoms with E-state index in [-0.39, 0.29) is 6.10 Å². The molecule has 1 atom stereocenters. The summed E-state index contributed by atoms with van der Waals surface area (Å²) >= 11 is 0. The number of anilines is 1. The van der Waals surface area contributed by atoms with Crippen molar-refractivity contribution in [3.8, 4) is 12.3 Å². The number of benzene rings is 1. The lowest BCUT2D eigenvalue weighted by molar-refractivity contribution is 0.000833. The molecule has 0 spiro atoms. The van der Waals surface area contributed by atoms with Gasteiger partial charge in [-0.15, -0.1) is 6.42 Å². The molecular weight excluding hydrogens is 242 g/mol. The SMILES string of the molecule is C#CC(COCCOC)OCCNc1ccccc1. The molecular formula is C15H21NO3. The number of hydrogen-bond acceptors (Lipinski definition) is 4. The Hall–Kier alpha value is -1.54. The molecule has 0 saturated carbocycles. The van der Waals surface area contributed by atoms with Crippen LogP contribution in [0.5, 0.6) is 0 Å². The lowest BCUT2D eigenvalue weighted by atomic mass is 10.3. The molecule has 0 heterocycles. The van der Waals surface area contributed by atoms with Gasteiger partial charge in [-0.3, -0.25) is 0 Å². The summed E-state index contributed by atoms with van der Waals surface area (Å²) in [5, 5.41) is 3.25. The predicted molar refractivity (Wildman–Crippen MR) is 76.2 cm³/mol. The average Bonchev–Trinajstić information content (AvgIpc) is 2.46. The van der Waals surface area contributed by atoms with Crippen molar-refractivity contribution in [3.05, 3.63) is 30.3 Å². The first kappa shape index (κ1) is 15.5. The van der Waals surface area contributed by atoms with E-state index in [1.165, 1.54) is 0 Å². The molecule has 1 N–H and O–H groups in total. The maximum absolute atomic E-state index is 5.53. The number of hydrogen-bond donors (Lipinski definition) is 1. The summed E-state index contributed by atoms with van der Waals surface area (Å²) in [4.78, 5) is 0. The minimum absolute atomic E-state index is 0.311. The Morgan fingerprint density at radius 1 is 1.21 bits per heavy atom. The lowest BCUT2D eigenvalue weighted by Gasteiger charge is -2.13. The van der Waals surface area contributed by atoms with Gasteiger partial charge >= 0.3 is 0 Å². The fourth-order valence-electron chi connectivity index (χ4n) is 1.43. The second-order valence-electron chi connectivity index (χ2n) is 3.89. The second kappa shape index (κ2) is 10.4. The molecule has 19 heavy (non-hydrogen) atoms. The molecule has 1 rings (SSSR count). The Morgan fingerprint density at radius 2 is 2.00 bits per heavy atom. The van der Waals surface area contributed by atoms with E-state index >= 15 is 0 Å². The highest BCUT2D eigenvalue weighted by Crippen LogP contribution is 2.04. The van der Waals surface area contributed by atoms with E-state index in [0.29, 0.717) is 33.0 Å². The van der Waals surface area contributed by atoms with Crippen molar-refractivity contribution in [2.45, 2.75) is 6.10 Å². The third-order valence-electron chi connectivity index (χ3n) is 2.41. The molecule has 0 saturated heterocycles. The number of nitrogens with one attached hydrogen (secondary N) is 1. The number of para-hydroxylation sites is 1. The molecule has 0 bridgehead atoms. The van der Waals surface area contributed by atoms with Gasteiger partial charge in [0, 0.05) is 19.3 Å². The highest BCUT2D eigenvalue weighted by Gasteiger charge is 2.04. The van der Waals surface area contributed by atoms with Gasteiger partial charge in [0.2, 0.25) is 0 Å². The zero-order valence-electron chi connectivity index (χ0n) is 11.3. The van der Waals surface area contributed by atoms with E-state index in [4.69, 9.17) is 20.6 Å². The summed E-state index contributed by atoms with van der Waals surface area (Å²) < 4.78 is 15.7. The first-order valence-corrected chi connectivity index (χ1v) is 6.30. The summed E-state index contributed by atoms with van der Waals surface area (Å²) in [5.41, 5.74) is 1.07. The molecule has 0 aliphatic carbocycles. The fourth-order valence-corrected chi connectivity index (χ4v) is 1.43. The van der Waals surface area contributed by atoms with Gasteiger partial charge in [-0.2, -0.15) is 0 Å². The summed E-state index contributed by atoms with van der Waals surface area (Å²) in [6.07, 6.45) is 5.06. The van der Waals surface area contributed by atoms with E-state index in [0.717, 1.165) is 5.69 Å². The quantitative estimate of drug-likeness (QED) is 0.516. The molecule has 4 heteroatoms. The summed E-state index contributed by atoms with van der Waals surface area (Å²) in [5.74, 6) is 2.56. The highest BCUT2D eigenvalue weighted by molar-refractivity contribution is 5.42. The smallest absolute Gasteiger partial charge is 0.141 e. The minimum atomic E-state index is -0.311. The van der Waals surface area contributed by atoms with Crippen LogP contribution < -0.4 is 5.32 Å². The van der Waals surface area contributed by atoms with Gasteiger partial charge in [-0.1, -0.05) is 24.1 Å². The van der Waals surface area contributed by atoms with Crippen LogP contribution in [0.15, 0.2) is 30.3 Å². The van der Waals surface area contributed by atoms with Crippen LogP contribution in [0, 0.1) is 12.3 Å². The van der Waals surface area contributed by atoms with Gasteiger partial charge < -0.3 is 19.5 Å². The molecule has 1 unspecified atom stereocenters. The van der Waals surface area contributed by atoms with Crippen LogP contribution in [0.4, 0.5) is 5.69 Å². The van der Waals surface area contributed by atoms with Gasteiger partial charge in [0.25, 0.3) is 0 Å². The van der Waals surface area contributed by atoms with Crippen LogP contribution in [-0.2, 0) is 14.2 Å². The van der Waals surface area contributed by atoms with Crippen LogP contribution in [-0.4, -0.2) is 46.2 Å². The van der Waals surface area contributed by atoms with Gasteiger partial charge in [0.05, 0.1) is 26.4 Å². The van der Waals surface area contributed by atoms with E-state index in [9.17, 15) is 0 Å². The first-order chi connectivity index (χ1) is 9.36. The lowest BCUT2D eigenvalue weighted by Crippen LogP contribution is -2.22. The Bertz CT molecular complexity index is 361. The monoisotopic (exact) mass is 263 g/mol. The molecule has 0 amide bonds. The largest absolute Gasteiger partial charge is 0.383 e. The Kier molecular flexibility index (Phi) is 8.48. The number of methoxy groups -OCH3 is 1. The molecule has 0 aliphatic rings. The normalized spacial score (nSPS) is 11.8. The molecule has 4 nitrogen and oxygen atoms in total. The molecule has 0 aromatic heterocycles.